The van der Waals surface area contributed by atoms with Crippen LogP contribution >= 0.6 is 0 Å². The molecule has 96 valence electrons. The lowest BCUT2D eigenvalue weighted by Crippen LogP contribution is -2.51. The molecule has 4 nitrogen and oxygen atoms in total. The lowest BCUT2D eigenvalue weighted by Gasteiger charge is -2.38. The van der Waals surface area contributed by atoms with Crippen LogP contribution in [0.2, 0.25) is 0 Å². The molecule has 1 aliphatic heterocycles. The van der Waals surface area contributed by atoms with E-state index in [9.17, 15) is 9.90 Å². The van der Waals surface area contributed by atoms with Crippen LogP contribution in [0.1, 0.15) is 40.5 Å². The fourth-order valence-corrected chi connectivity index (χ4v) is 1.71. The monoisotopic (exact) mass is 230 g/mol. The van der Waals surface area contributed by atoms with Crippen molar-refractivity contribution in [2.24, 2.45) is 11.7 Å². The van der Waals surface area contributed by atoms with Crippen LogP contribution in [0.25, 0.3) is 0 Å². The number of likely N-dealkylation sites (tertiary alicyclic amines) is 1. The molecule has 0 bridgehead atoms. The molecule has 0 unspecified atom stereocenters. The van der Waals surface area contributed by atoms with Crippen molar-refractivity contribution in [1.29, 1.82) is 0 Å². The molecule has 0 atom stereocenters. The van der Waals surface area contributed by atoms with Gasteiger partial charge in [-0.25, -0.2) is 0 Å². The zero-order valence-electron chi connectivity index (χ0n) is 11.0. The Hall–Kier alpha value is -0.610. The first-order chi connectivity index (χ1) is 7.48. The Morgan fingerprint density at radius 3 is 2.12 bits per heavy atom. The maximum Gasteiger partial charge on any atom is 0.225 e. The molecule has 0 spiro atoms. The van der Waals surface area contributed by atoms with Gasteiger partial charge >= 0.3 is 0 Å². The average Bonchev–Trinajstić information content (AvgIpc) is 2.32. The van der Waals surface area contributed by atoms with Crippen molar-refractivity contribution in [2.45, 2.75) is 46.1 Å². The van der Waals surface area contributed by atoms with Crippen molar-refractivity contribution in [3.8, 4) is 0 Å². The van der Waals surface area contributed by atoms with E-state index in [4.69, 9.17) is 5.73 Å². The normalized spacial score (nSPS) is 19.1. The lowest BCUT2D eigenvalue weighted by molar-refractivity contribution is -0.138. The molecule has 1 fully saturated rings. The van der Waals surface area contributed by atoms with Crippen LogP contribution in [0.5, 0.6) is 0 Å². The second-order valence-electron chi connectivity index (χ2n) is 4.41. The molecule has 0 radical (unpaired) electrons. The van der Waals surface area contributed by atoms with Crippen LogP contribution in [-0.4, -0.2) is 41.1 Å². The SMILES string of the molecule is CC.CC(C)C(=O)N1CCC(O)(CN)CC1. The van der Waals surface area contributed by atoms with Gasteiger partial charge in [-0.15, -0.1) is 0 Å². The third-order valence-corrected chi connectivity index (χ3v) is 2.88. The summed E-state index contributed by atoms with van der Waals surface area (Å²) >= 11 is 0. The molecule has 0 aromatic heterocycles. The molecule has 0 aromatic rings. The van der Waals surface area contributed by atoms with Gasteiger partial charge in [-0.3, -0.25) is 4.79 Å². The minimum absolute atomic E-state index is 0.0408. The predicted molar refractivity (Wildman–Crippen MR) is 66.0 cm³/mol. The molecule has 1 aliphatic rings. The van der Waals surface area contributed by atoms with Gasteiger partial charge in [0.05, 0.1) is 5.60 Å². The minimum atomic E-state index is -0.742. The van der Waals surface area contributed by atoms with E-state index in [2.05, 4.69) is 0 Å². The summed E-state index contributed by atoms with van der Waals surface area (Å²) in [6.07, 6.45) is 1.20. The Morgan fingerprint density at radius 2 is 1.81 bits per heavy atom. The number of nitrogens with zero attached hydrogens (tertiary/aromatic N) is 1. The number of carbonyl (C=O) groups is 1. The topological polar surface area (TPSA) is 66.6 Å². The van der Waals surface area contributed by atoms with E-state index >= 15 is 0 Å². The van der Waals surface area contributed by atoms with E-state index < -0.39 is 5.60 Å². The number of nitrogens with two attached hydrogens (primary N) is 1. The number of piperidine rings is 1. The van der Waals surface area contributed by atoms with E-state index in [0.29, 0.717) is 25.9 Å². The second-order valence-corrected chi connectivity index (χ2v) is 4.41. The maximum absolute atomic E-state index is 11.6. The highest BCUT2D eigenvalue weighted by molar-refractivity contribution is 5.78. The van der Waals surface area contributed by atoms with Gasteiger partial charge in [0.2, 0.25) is 5.91 Å². The third-order valence-electron chi connectivity index (χ3n) is 2.88. The van der Waals surface area contributed by atoms with Crippen molar-refractivity contribution in [1.82, 2.24) is 4.90 Å². The van der Waals surface area contributed by atoms with Crippen LogP contribution in [0.4, 0.5) is 0 Å². The summed E-state index contributed by atoms with van der Waals surface area (Å²) in [4.78, 5) is 13.4. The van der Waals surface area contributed by atoms with Gasteiger partial charge in [-0.2, -0.15) is 0 Å². The predicted octanol–water partition coefficient (Wildman–Crippen LogP) is 0.981. The molecular weight excluding hydrogens is 204 g/mol. The summed E-state index contributed by atoms with van der Waals surface area (Å²) in [6.45, 7) is 9.34. The molecule has 1 rings (SSSR count). The quantitative estimate of drug-likeness (QED) is 0.743. The van der Waals surface area contributed by atoms with E-state index in [-0.39, 0.29) is 18.4 Å². The molecule has 16 heavy (non-hydrogen) atoms. The Balaban J connectivity index is 0.00000106. The summed E-state index contributed by atoms with van der Waals surface area (Å²) in [5, 5.41) is 9.86. The first-order valence-electron chi connectivity index (χ1n) is 6.20. The highest BCUT2D eigenvalue weighted by atomic mass is 16.3. The number of hydrogen-bond acceptors (Lipinski definition) is 3. The summed E-state index contributed by atoms with van der Waals surface area (Å²) in [5.41, 5.74) is 4.72. The van der Waals surface area contributed by atoms with Gasteiger partial charge in [0.1, 0.15) is 0 Å². The zero-order valence-corrected chi connectivity index (χ0v) is 11.0. The number of rotatable bonds is 2. The van der Waals surface area contributed by atoms with Crippen LogP contribution in [0.15, 0.2) is 0 Å². The smallest absolute Gasteiger partial charge is 0.225 e. The first-order valence-corrected chi connectivity index (χ1v) is 6.20. The molecular formula is C12H26N2O2. The largest absolute Gasteiger partial charge is 0.388 e. The van der Waals surface area contributed by atoms with Crippen LogP contribution in [-0.2, 0) is 4.79 Å². The van der Waals surface area contributed by atoms with E-state index in [1.165, 1.54) is 0 Å². The highest BCUT2D eigenvalue weighted by Crippen LogP contribution is 2.21. The Labute approximate surface area is 98.8 Å². The van der Waals surface area contributed by atoms with Crippen molar-refractivity contribution in [2.75, 3.05) is 19.6 Å². The second kappa shape index (κ2) is 6.86. The number of carbonyl (C=O) groups excluding carboxylic acids is 1. The summed E-state index contributed by atoms with van der Waals surface area (Å²) < 4.78 is 0. The molecule has 3 N–H and O–H groups in total. The van der Waals surface area contributed by atoms with Gasteiger partial charge in [-0.1, -0.05) is 27.7 Å². The van der Waals surface area contributed by atoms with Crippen LogP contribution in [0, 0.1) is 5.92 Å². The lowest BCUT2D eigenvalue weighted by atomic mass is 9.91. The average molecular weight is 230 g/mol. The van der Waals surface area contributed by atoms with Crippen molar-refractivity contribution in [3.63, 3.8) is 0 Å². The summed E-state index contributed by atoms with van der Waals surface area (Å²) in [6, 6.07) is 0. The molecule has 0 aliphatic carbocycles. The van der Waals surface area contributed by atoms with Gasteiger partial charge in [-0.05, 0) is 12.8 Å². The van der Waals surface area contributed by atoms with E-state index in [1.54, 1.807) is 0 Å². The number of amides is 1. The molecule has 0 saturated carbocycles. The molecule has 0 aromatic carbocycles. The Morgan fingerprint density at radius 1 is 1.38 bits per heavy atom. The van der Waals surface area contributed by atoms with E-state index in [0.717, 1.165) is 0 Å². The van der Waals surface area contributed by atoms with Gasteiger partial charge in [0.25, 0.3) is 0 Å². The maximum atomic E-state index is 11.6. The van der Waals surface area contributed by atoms with Gasteiger partial charge < -0.3 is 15.7 Å². The first kappa shape index (κ1) is 15.4. The zero-order chi connectivity index (χ0) is 12.8. The third kappa shape index (κ3) is 4.10. The van der Waals surface area contributed by atoms with Crippen molar-refractivity contribution < 1.29 is 9.90 Å². The Bertz CT molecular complexity index is 209. The van der Waals surface area contributed by atoms with Gasteiger partial charge in [0.15, 0.2) is 0 Å². The van der Waals surface area contributed by atoms with Crippen LogP contribution in [0.3, 0.4) is 0 Å². The fourth-order valence-electron chi connectivity index (χ4n) is 1.71. The summed E-state index contributed by atoms with van der Waals surface area (Å²) in [5.74, 6) is 0.211. The number of hydrogen-bond donors (Lipinski definition) is 2. The fraction of sp³-hybridized carbons (Fsp3) is 0.917. The number of aliphatic hydroxyl groups is 1. The van der Waals surface area contributed by atoms with Crippen LogP contribution < -0.4 is 5.73 Å². The molecule has 1 amide bonds. The highest BCUT2D eigenvalue weighted by Gasteiger charge is 2.32. The standard InChI is InChI=1S/C10H20N2O2.C2H6/c1-8(2)9(13)12-5-3-10(14,7-11)4-6-12;1-2/h8,14H,3-7,11H2,1-2H3;1-2H3. The molecule has 4 heteroatoms. The molecule has 1 heterocycles. The van der Waals surface area contributed by atoms with Gasteiger partial charge in [0, 0.05) is 25.6 Å². The Kier molecular flexibility index (Phi) is 6.60. The molecule has 1 saturated heterocycles. The minimum Gasteiger partial charge on any atom is -0.388 e. The van der Waals surface area contributed by atoms with Crippen molar-refractivity contribution >= 4 is 5.91 Å². The van der Waals surface area contributed by atoms with E-state index in [1.807, 2.05) is 32.6 Å². The summed E-state index contributed by atoms with van der Waals surface area (Å²) in [7, 11) is 0. The van der Waals surface area contributed by atoms with Crippen molar-refractivity contribution in [3.05, 3.63) is 0 Å².